The van der Waals surface area contributed by atoms with E-state index in [-0.39, 0.29) is 39.7 Å². The van der Waals surface area contributed by atoms with E-state index >= 15 is 0 Å². The first-order valence-corrected chi connectivity index (χ1v) is 22.8. The smallest absolute Gasteiger partial charge is 0.343 e. The van der Waals surface area contributed by atoms with Crippen LogP contribution in [-0.2, 0) is 0 Å². The van der Waals surface area contributed by atoms with Gasteiger partial charge in [-0.3, -0.25) is 0 Å². The molecule has 0 aliphatic heterocycles. The third kappa shape index (κ3) is 14.3. The Morgan fingerprint density at radius 3 is 1.18 bits per heavy atom. The molecule has 0 bridgehead atoms. The molecule has 0 radical (unpaired) electrons. The highest BCUT2D eigenvalue weighted by molar-refractivity contribution is 5.97. The summed E-state index contributed by atoms with van der Waals surface area (Å²) in [5.74, 6) is -0.538. The Morgan fingerprint density at radius 2 is 0.758 bits per heavy atom. The van der Waals surface area contributed by atoms with Crippen LogP contribution in [0.15, 0.2) is 127 Å². The largest absolute Gasteiger partial charge is 0.494 e. The van der Waals surface area contributed by atoms with Crippen molar-refractivity contribution in [1.29, 1.82) is 5.26 Å². The Bertz CT molecular complexity index is 2570. The number of unbranched alkanes of at least 4 members (excludes halogenated alkanes) is 10. The van der Waals surface area contributed by atoms with E-state index < -0.39 is 23.9 Å². The van der Waals surface area contributed by atoms with Gasteiger partial charge >= 0.3 is 23.9 Å². The molecule has 0 saturated heterocycles. The molecule has 11 heteroatoms. The molecule has 0 aromatic heterocycles. The lowest BCUT2D eigenvalue weighted by atomic mass is 10.0. The summed E-state index contributed by atoms with van der Waals surface area (Å²) >= 11 is 0. The second kappa shape index (κ2) is 25.1. The van der Waals surface area contributed by atoms with Crippen LogP contribution in [-0.4, -0.2) is 37.1 Å². The fourth-order valence-electron chi connectivity index (χ4n) is 7.04. The Morgan fingerprint density at radius 1 is 0.409 bits per heavy atom. The molecule has 11 nitrogen and oxygen atoms in total. The average Bonchev–Trinajstić information content (AvgIpc) is 3.34. The Kier molecular flexibility index (Phi) is 18.3. The fraction of sp³-hybridized carbons (Fsp3) is 0.291. The summed E-state index contributed by atoms with van der Waals surface area (Å²) in [5.41, 5.74) is 1.12. The van der Waals surface area contributed by atoms with Gasteiger partial charge in [-0.25, -0.2) is 19.2 Å². The zero-order valence-corrected chi connectivity index (χ0v) is 37.6. The number of nitrogens with zero attached hydrogens (tertiary/aromatic N) is 1. The Balaban J connectivity index is 0.986. The highest BCUT2D eigenvalue weighted by atomic mass is 16.5. The number of benzene rings is 6. The van der Waals surface area contributed by atoms with Gasteiger partial charge in [-0.05, 0) is 133 Å². The highest BCUT2D eigenvalue weighted by Crippen LogP contribution is 2.32. The molecule has 6 rings (SSSR count). The molecule has 0 aliphatic rings. The summed E-state index contributed by atoms with van der Waals surface area (Å²) in [6, 6.07) is 35.4. The van der Waals surface area contributed by atoms with E-state index in [4.69, 9.17) is 28.4 Å². The normalized spacial score (nSPS) is 10.7. The molecule has 0 fully saturated rings. The van der Waals surface area contributed by atoms with Crippen LogP contribution in [0.1, 0.15) is 138 Å². The molecule has 0 heterocycles. The minimum Gasteiger partial charge on any atom is -0.494 e. The number of fused-ring (bicyclic) bond motifs is 1. The maximum Gasteiger partial charge on any atom is 0.343 e. The number of carbonyl (C=O) groups excluding carboxylic acids is 4. The van der Waals surface area contributed by atoms with Crippen molar-refractivity contribution in [3.63, 3.8) is 0 Å². The van der Waals surface area contributed by atoms with E-state index in [1.165, 1.54) is 112 Å². The number of nitriles is 1. The minimum absolute atomic E-state index is 0.00583. The number of ether oxygens (including phenoxy) is 6. The lowest BCUT2D eigenvalue weighted by Gasteiger charge is -2.11. The molecular formula is C55H55NO10. The van der Waals surface area contributed by atoms with Gasteiger partial charge in [0.1, 0.15) is 46.1 Å². The summed E-state index contributed by atoms with van der Waals surface area (Å²) in [6.45, 7) is 5.64. The molecule has 0 spiro atoms. The highest BCUT2D eigenvalue weighted by Gasteiger charge is 2.18. The van der Waals surface area contributed by atoms with Crippen molar-refractivity contribution in [2.24, 2.45) is 0 Å². The Hall–Kier alpha value is -7.45. The lowest BCUT2D eigenvalue weighted by molar-refractivity contribution is 0.0720. The number of hydrogen-bond acceptors (Lipinski definition) is 11. The van der Waals surface area contributed by atoms with Crippen molar-refractivity contribution in [3.05, 3.63) is 155 Å². The maximum atomic E-state index is 13.2. The summed E-state index contributed by atoms with van der Waals surface area (Å²) in [6.07, 6.45) is 14.1. The summed E-state index contributed by atoms with van der Waals surface area (Å²) in [7, 11) is 0. The van der Waals surface area contributed by atoms with E-state index in [0.717, 1.165) is 25.7 Å². The molecule has 6 aromatic rings. The third-order valence-electron chi connectivity index (χ3n) is 10.8. The fourth-order valence-corrected chi connectivity index (χ4v) is 7.04. The van der Waals surface area contributed by atoms with Crippen LogP contribution in [0, 0.1) is 11.3 Å². The Labute approximate surface area is 386 Å². The van der Waals surface area contributed by atoms with Gasteiger partial charge in [0.15, 0.2) is 0 Å². The number of esters is 4. The molecule has 0 aliphatic carbocycles. The predicted molar refractivity (Wildman–Crippen MR) is 252 cm³/mol. The quantitative estimate of drug-likeness (QED) is 0.0325. The number of hydrogen-bond donors (Lipinski definition) is 0. The topological polar surface area (TPSA) is 147 Å². The lowest BCUT2D eigenvalue weighted by Crippen LogP contribution is -2.11. The van der Waals surface area contributed by atoms with Gasteiger partial charge in [-0.2, -0.15) is 5.26 Å². The summed E-state index contributed by atoms with van der Waals surface area (Å²) in [4.78, 5) is 52.0. The first-order chi connectivity index (χ1) is 32.2. The number of rotatable bonds is 24. The van der Waals surface area contributed by atoms with Crippen LogP contribution in [0.4, 0.5) is 0 Å². The van der Waals surface area contributed by atoms with E-state index in [2.05, 4.69) is 19.9 Å². The van der Waals surface area contributed by atoms with Gasteiger partial charge in [-0.15, -0.1) is 0 Å². The molecule has 0 N–H and O–H groups in total. The van der Waals surface area contributed by atoms with Crippen molar-refractivity contribution in [3.8, 4) is 40.6 Å². The van der Waals surface area contributed by atoms with Gasteiger partial charge < -0.3 is 28.4 Å². The van der Waals surface area contributed by atoms with Crippen LogP contribution in [0.3, 0.4) is 0 Å². The summed E-state index contributed by atoms with van der Waals surface area (Å²) < 4.78 is 33.9. The van der Waals surface area contributed by atoms with Crippen molar-refractivity contribution in [1.82, 2.24) is 0 Å². The molecule has 0 amide bonds. The van der Waals surface area contributed by atoms with Crippen LogP contribution < -0.4 is 28.4 Å². The zero-order valence-electron chi connectivity index (χ0n) is 37.6. The van der Waals surface area contributed by atoms with E-state index in [0.29, 0.717) is 46.6 Å². The standard InChI is InChI=1S/C55H55NO10/c1-3-5-7-9-11-13-35-61-44-25-16-40(17-26-44)52(57)63-46-29-20-42(21-30-46)54(59)65-48-33-15-39-24-34-51(50(38-56)49(39)37-48)66-55(60)43-22-31-47(32-23-43)64-53(58)41-18-27-45(28-19-41)62-36-14-12-10-8-6-4-2/h15-34,37H,3-14,35-36H2,1-2H3. The maximum absolute atomic E-state index is 13.2. The van der Waals surface area contributed by atoms with E-state index in [1.54, 1.807) is 66.7 Å². The third-order valence-corrected chi connectivity index (χ3v) is 10.8. The van der Waals surface area contributed by atoms with Gasteiger partial charge in [0.2, 0.25) is 0 Å². The second-order valence-corrected chi connectivity index (χ2v) is 15.8. The average molecular weight is 890 g/mol. The first kappa shape index (κ1) is 48.0. The number of carbonyl (C=O) groups is 4. The SMILES string of the molecule is CCCCCCCCOc1ccc(C(=O)Oc2ccc(C(=O)Oc3ccc4ccc(OC(=O)c5ccc(OC(=O)c6ccc(OCCCCCCCC)cc6)cc5)c(C#N)c4c3)cc2)cc1. The minimum atomic E-state index is -0.737. The molecular weight excluding hydrogens is 835 g/mol. The predicted octanol–water partition coefficient (Wildman–Crippen LogP) is 13.1. The van der Waals surface area contributed by atoms with Crippen molar-refractivity contribution < 1.29 is 47.6 Å². The molecule has 0 atom stereocenters. The first-order valence-electron chi connectivity index (χ1n) is 22.8. The van der Waals surface area contributed by atoms with Crippen molar-refractivity contribution >= 4 is 34.6 Å². The van der Waals surface area contributed by atoms with Crippen LogP contribution >= 0.6 is 0 Å². The monoisotopic (exact) mass is 889 g/mol. The van der Waals surface area contributed by atoms with Gasteiger partial charge in [0, 0.05) is 5.39 Å². The van der Waals surface area contributed by atoms with Crippen LogP contribution in [0.2, 0.25) is 0 Å². The molecule has 340 valence electrons. The van der Waals surface area contributed by atoms with Crippen molar-refractivity contribution in [2.45, 2.75) is 90.9 Å². The molecule has 0 saturated carbocycles. The second-order valence-electron chi connectivity index (χ2n) is 15.8. The molecule has 6 aromatic carbocycles. The zero-order chi connectivity index (χ0) is 46.5. The van der Waals surface area contributed by atoms with E-state index in [9.17, 15) is 24.4 Å². The van der Waals surface area contributed by atoms with Gasteiger partial charge in [0.05, 0.1) is 35.5 Å². The van der Waals surface area contributed by atoms with Crippen molar-refractivity contribution in [2.75, 3.05) is 13.2 Å². The van der Waals surface area contributed by atoms with Gasteiger partial charge in [0.25, 0.3) is 0 Å². The molecule has 66 heavy (non-hydrogen) atoms. The van der Waals surface area contributed by atoms with Crippen LogP contribution in [0.25, 0.3) is 10.8 Å². The molecule has 0 unspecified atom stereocenters. The van der Waals surface area contributed by atoms with Crippen LogP contribution in [0.5, 0.6) is 34.5 Å². The van der Waals surface area contributed by atoms with Gasteiger partial charge in [-0.1, -0.05) is 90.2 Å². The summed E-state index contributed by atoms with van der Waals surface area (Å²) in [5, 5.41) is 11.2. The van der Waals surface area contributed by atoms with E-state index in [1.807, 2.05) is 0 Å².